The highest BCUT2D eigenvalue weighted by atomic mass is 35.5. The minimum absolute atomic E-state index is 0.248. The first kappa shape index (κ1) is 11.8. The van der Waals surface area contributed by atoms with Crippen LogP contribution in [0.15, 0.2) is 0 Å². The molecule has 0 aliphatic carbocycles. The number of carbonyl (C=O) groups excluding carboxylic acids is 1. The number of anilines is 1. The van der Waals surface area contributed by atoms with Crippen LogP contribution in [0.2, 0.25) is 10.0 Å². The van der Waals surface area contributed by atoms with Gasteiger partial charge in [-0.3, -0.25) is 0 Å². The number of nitrogens with two attached hydrogens (primary N) is 1. The van der Waals surface area contributed by atoms with E-state index >= 15 is 0 Å². The maximum absolute atomic E-state index is 12.9. The molecule has 1 aromatic heterocycles. The molecule has 0 aliphatic rings. The van der Waals surface area contributed by atoms with Gasteiger partial charge in [0.2, 0.25) is 11.8 Å². The Morgan fingerprint density at radius 1 is 1.47 bits per heavy atom. The third kappa shape index (κ3) is 2.60. The van der Waals surface area contributed by atoms with E-state index in [2.05, 4.69) is 9.72 Å². The molecule has 0 unspecified atom stereocenters. The molecule has 0 aromatic carbocycles. The maximum atomic E-state index is 12.9. The Kier molecular flexibility index (Phi) is 3.54. The summed E-state index contributed by atoms with van der Waals surface area (Å²) in [4.78, 5) is 13.2. The third-order valence-electron chi connectivity index (χ3n) is 1.37. The van der Waals surface area contributed by atoms with Crippen LogP contribution >= 0.6 is 23.2 Å². The van der Waals surface area contributed by atoms with E-state index in [1.165, 1.54) is 0 Å². The van der Waals surface area contributed by atoms with Gasteiger partial charge >= 0.3 is 5.97 Å². The second-order valence-corrected chi connectivity index (χ2v) is 3.17. The summed E-state index contributed by atoms with van der Waals surface area (Å²) < 4.78 is 17.5. The van der Waals surface area contributed by atoms with Crippen molar-refractivity contribution in [2.45, 2.75) is 0 Å². The molecule has 2 N–H and O–H groups in total. The van der Waals surface area contributed by atoms with Crippen LogP contribution in [0.25, 0.3) is 0 Å². The number of hydrogen-bond acceptors (Lipinski definition) is 4. The first-order valence-electron chi connectivity index (χ1n) is 3.56. The summed E-state index contributed by atoms with van der Waals surface area (Å²) in [5, 5.41) is 9.37. The minimum atomic E-state index is -1.50. The van der Waals surface area contributed by atoms with Gasteiger partial charge < -0.3 is 10.5 Å². The van der Waals surface area contributed by atoms with Crippen LogP contribution in [0.5, 0.6) is 5.88 Å². The molecular formula is C7H4Cl2FN2O3. The number of rotatable bonds is 3. The quantitative estimate of drug-likeness (QED) is 0.827. The fourth-order valence-electron chi connectivity index (χ4n) is 0.733. The largest absolute Gasteiger partial charge is 0.464 e. The zero-order valence-electron chi connectivity index (χ0n) is 7.09. The van der Waals surface area contributed by atoms with Crippen molar-refractivity contribution in [1.82, 2.24) is 4.98 Å². The fraction of sp³-hybridized carbons (Fsp3) is 0.143. The Morgan fingerprint density at radius 2 is 2.07 bits per heavy atom. The lowest BCUT2D eigenvalue weighted by Gasteiger charge is -2.07. The van der Waals surface area contributed by atoms with E-state index in [0.717, 1.165) is 0 Å². The van der Waals surface area contributed by atoms with Crippen molar-refractivity contribution in [1.29, 1.82) is 0 Å². The predicted octanol–water partition coefficient (Wildman–Crippen LogP) is 1.45. The van der Waals surface area contributed by atoms with E-state index < -0.39 is 29.4 Å². The summed E-state index contributed by atoms with van der Waals surface area (Å²) in [5.74, 6) is -3.03. The molecular weight excluding hydrogens is 250 g/mol. The zero-order chi connectivity index (χ0) is 11.6. The molecule has 1 heterocycles. The van der Waals surface area contributed by atoms with Crippen LogP contribution in [0.4, 0.5) is 10.1 Å². The van der Waals surface area contributed by atoms with Gasteiger partial charge in [0.1, 0.15) is 10.0 Å². The molecule has 5 nitrogen and oxygen atoms in total. The number of halogens is 3. The highest BCUT2D eigenvalue weighted by Gasteiger charge is 2.17. The van der Waals surface area contributed by atoms with E-state index in [0.29, 0.717) is 0 Å². The number of nitrogen functional groups attached to an aromatic ring is 1. The number of hydrogen-bond donors (Lipinski definition) is 1. The molecule has 1 radical (unpaired) electrons. The lowest BCUT2D eigenvalue weighted by molar-refractivity contribution is -0.145. The number of carbonyl (C=O) groups is 1. The molecule has 0 fully saturated rings. The van der Waals surface area contributed by atoms with E-state index in [1.807, 2.05) is 0 Å². The molecule has 0 aliphatic heterocycles. The lowest BCUT2D eigenvalue weighted by Crippen LogP contribution is -2.10. The van der Waals surface area contributed by atoms with Crippen molar-refractivity contribution >= 4 is 34.9 Å². The van der Waals surface area contributed by atoms with Crippen molar-refractivity contribution in [3.05, 3.63) is 16.0 Å². The Morgan fingerprint density at radius 3 is 2.60 bits per heavy atom. The van der Waals surface area contributed by atoms with Gasteiger partial charge in [-0.2, -0.15) is 9.37 Å². The van der Waals surface area contributed by atoms with Gasteiger partial charge in [-0.1, -0.05) is 23.2 Å². The molecule has 1 aromatic rings. The predicted molar refractivity (Wildman–Crippen MR) is 49.8 cm³/mol. The number of nitrogens with zero attached hydrogens (tertiary/aromatic N) is 1. The Balaban J connectivity index is 3.04. The van der Waals surface area contributed by atoms with E-state index in [1.54, 1.807) is 0 Å². The Bertz CT molecular complexity index is 414. The molecule has 8 heteroatoms. The molecule has 1 rings (SSSR count). The molecule has 0 spiro atoms. The van der Waals surface area contributed by atoms with Crippen LogP contribution in [0, 0.1) is 5.95 Å². The van der Waals surface area contributed by atoms with E-state index in [-0.39, 0.29) is 10.7 Å². The van der Waals surface area contributed by atoms with Crippen molar-refractivity contribution in [2.75, 3.05) is 12.3 Å². The standard InChI is InChI=1S/C7H4Cl2FN2O3/c8-3-5(11)4(9)7(12-6(3)10)15-1-2(13)14/h1H2,(H2,11,12). The molecule has 0 saturated heterocycles. The second kappa shape index (κ2) is 4.50. The van der Waals surface area contributed by atoms with Crippen LogP contribution in [-0.4, -0.2) is 17.6 Å². The summed E-state index contributed by atoms with van der Waals surface area (Å²) in [6.45, 7) is -0.812. The van der Waals surface area contributed by atoms with Crippen LogP contribution < -0.4 is 10.5 Å². The zero-order valence-corrected chi connectivity index (χ0v) is 8.60. The summed E-state index contributed by atoms with van der Waals surface area (Å²) >= 11 is 11.0. The van der Waals surface area contributed by atoms with E-state index in [9.17, 15) is 14.3 Å². The smallest absolute Gasteiger partial charge is 0.392 e. The first-order valence-corrected chi connectivity index (χ1v) is 4.31. The molecule has 15 heavy (non-hydrogen) atoms. The topological polar surface area (TPSA) is 85.1 Å². The van der Waals surface area contributed by atoms with Crippen LogP contribution in [-0.2, 0) is 9.90 Å². The van der Waals surface area contributed by atoms with E-state index in [4.69, 9.17) is 28.9 Å². The molecule has 0 amide bonds. The third-order valence-corrected chi connectivity index (χ3v) is 2.09. The highest BCUT2D eigenvalue weighted by Crippen LogP contribution is 2.35. The summed E-state index contributed by atoms with van der Waals surface area (Å²) in [6, 6.07) is 0. The summed E-state index contributed by atoms with van der Waals surface area (Å²) in [5.41, 5.74) is 5.04. The normalized spacial score (nSPS) is 10.1. The van der Waals surface area contributed by atoms with Crippen molar-refractivity contribution in [3.63, 3.8) is 0 Å². The summed E-state index contributed by atoms with van der Waals surface area (Å²) in [7, 11) is 0. The maximum Gasteiger partial charge on any atom is 0.392 e. The molecule has 0 saturated carbocycles. The van der Waals surface area contributed by atoms with Gasteiger partial charge in [-0.05, 0) is 0 Å². The Labute approximate surface area is 93.6 Å². The number of ether oxygens (including phenoxy) is 1. The van der Waals surface area contributed by atoms with Crippen molar-refractivity contribution < 1.29 is 19.0 Å². The van der Waals surface area contributed by atoms with Gasteiger partial charge in [0.05, 0.1) is 5.69 Å². The van der Waals surface area contributed by atoms with Gasteiger partial charge in [-0.15, -0.1) is 0 Å². The average Bonchev–Trinajstić information content (AvgIpc) is 2.18. The van der Waals surface area contributed by atoms with Gasteiger partial charge in [0.25, 0.3) is 0 Å². The van der Waals surface area contributed by atoms with Gasteiger partial charge in [0, 0.05) is 0 Å². The molecule has 0 bridgehead atoms. The minimum Gasteiger partial charge on any atom is -0.464 e. The fourth-order valence-corrected chi connectivity index (χ4v) is 1.11. The highest BCUT2D eigenvalue weighted by molar-refractivity contribution is 6.39. The van der Waals surface area contributed by atoms with Crippen molar-refractivity contribution in [3.8, 4) is 5.88 Å². The lowest BCUT2D eigenvalue weighted by atomic mass is 10.4. The SMILES string of the molecule is Nc1c(Cl)c(F)nc(OCC([O])=O)c1Cl. The average molecular weight is 254 g/mol. The molecule has 81 valence electrons. The van der Waals surface area contributed by atoms with Gasteiger partial charge in [0.15, 0.2) is 6.61 Å². The number of pyridine rings is 1. The van der Waals surface area contributed by atoms with Crippen LogP contribution in [0.1, 0.15) is 0 Å². The van der Waals surface area contributed by atoms with Crippen LogP contribution in [0.3, 0.4) is 0 Å². The van der Waals surface area contributed by atoms with Crippen molar-refractivity contribution in [2.24, 2.45) is 0 Å². The monoisotopic (exact) mass is 253 g/mol. The Hall–Kier alpha value is -1.27. The summed E-state index contributed by atoms with van der Waals surface area (Å²) in [6.07, 6.45) is 0. The second-order valence-electron chi connectivity index (χ2n) is 2.41. The molecule has 0 atom stereocenters. The number of aromatic nitrogens is 1. The van der Waals surface area contributed by atoms with Gasteiger partial charge in [-0.25, -0.2) is 9.90 Å². The first-order chi connectivity index (χ1) is 6.93.